The first-order chi connectivity index (χ1) is 7.29. The van der Waals surface area contributed by atoms with E-state index in [1.165, 1.54) is 12.1 Å². The van der Waals surface area contributed by atoms with E-state index >= 15 is 0 Å². The summed E-state index contributed by atoms with van der Waals surface area (Å²) in [5.41, 5.74) is 6.32. The van der Waals surface area contributed by atoms with Gasteiger partial charge in [-0.1, -0.05) is 0 Å². The summed E-state index contributed by atoms with van der Waals surface area (Å²) in [4.78, 5) is 4.07. The molecule has 0 spiro atoms. The van der Waals surface area contributed by atoms with Gasteiger partial charge < -0.3 is 14.9 Å². The molecule has 5 heteroatoms. The number of nitrogens with zero attached hydrogens (tertiary/aromatic N) is 1. The Labute approximate surface area is 85.8 Å². The number of fused-ring (bicyclic) bond motifs is 1. The van der Waals surface area contributed by atoms with Gasteiger partial charge in [-0.25, -0.2) is 9.37 Å². The van der Waals surface area contributed by atoms with Gasteiger partial charge in [0.2, 0.25) is 5.89 Å². The molecule has 0 radical (unpaired) electrons. The van der Waals surface area contributed by atoms with Crippen molar-refractivity contribution in [1.29, 1.82) is 0 Å². The number of nitrogens with two attached hydrogens (primary N) is 1. The van der Waals surface area contributed by atoms with Gasteiger partial charge in [0.05, 0.1) is 6.61 Å². The fraction of sp³-hybridized carbons (Fsp3) is 0.300. The molecule has 0 amide bonds. The van der Waals surface area contributed by atoms with Gasteiger partial charge in [-0.3, -0.25) is 0 Å². The molecule has 2 N–H and O–H groups in total. The van der Waals surface area contributed by atoms with Gasteiger partial charge in [0.15, 0.2) is 5.58 Å². The predicted octanol–water partition coefficient (Wildman–Crippen LogP) is 1.44. The van der Waals surface area contributed by atoms with Gasteiger partial charge in [0.1, 0.15) is 17.9 Å². The van der Waals surface area contributed by atoms with E-state index in [0.29, 0.717) is 30.1 Å². The Morgan fingerprint density at radius 2 is 2.33 bits per heavy atom. The largest absolute Gasteiger partial charge is 0.438 e. The minimum Gasteiger partial charge on any atom is -0.438 e. The number of oxazole rings is 1. The van der Waals surface area contributed by atoms with Gasteiger partial charge in [-0.05, 0) is 12.1 Å². The highest BCUT2D eigenvalue weighted by Crippen LogP contribution is 2.16. The summed E-state index contributed by atoms with van der Waals surface area (Å²) in [6, 6.07) is 4.20. The predicted molar refractivity (Wildman–Crippen MR) is 52.7 cm³/mol. The van der Waals surface area contributed by atoms with Crippen LogP contribution in [-0.4, -0.2) is 18.1 Å². The van der Waals surface area contributed by atoms with Crippen LogP contribution < -0.4 is 5.73 Å². The van der Waals surface area contributed by atoms with E-state index < -0.39 is 0 Å². The first kappa shape index (κ1) is 10.1. The number of hydrogen-bond acceptors (Lipinski definition) is 4. The van der Waals surface area contributed by atoms with Crippen LogP contribution in [0.1, 0.15) is 5.89 Å². The van der Waals surface area contributed by atoms with Gasteiger partial charge in [-0.15, -0.1) is 0 Å². The number of hydrogen-bond donors (Lipinski definition) is 1. The van der Waals surface area contributed by atoms with Crippen LogP contribution >= 0.6 is 0 Å². The summed E-state index contributed by atoms with van der Waals surface area (Å²) in [6.45, 7) is 1.16. The third-order valence-corrected chi connectivity index (χ3v) is 1.88. The fourth-order valence-electron chi connectivity index (χ4n) is 1.25. The van der Waals surface area contributed by atoms with Crippen LogP contribution in [0, 0.1) is 5.82 Å². The van der Waals surface area contributed by atoms with Crippen molar-refractivity contribution in [3.63, 3.8) is 0 Å². The normalized spacial score (nSPS) is 11.1. The van der Waals surface area contributed by atoms with Crippen molar-refractivity contribution in [2.24, 2.45) is 5.73 Å². The third kappa shape index (κ3) is 2.31. The summed E-state index contributed by atoms with van der Waals surface area (Å²) in [5.74, 6) is 0.106. The summed E-state index contributed by atoms with van der Waals surface area (Å²) in [6.07, 6.45) is 0. The van der Waals surface area contributed by atoms with Crippen LogP contribution in [0.2, 0.25) is 0 Å². The molecule has 0 aliphatic rings. The highest BCUT2D eigenvalue weighted by molar-refractivity contribution is 5.72. The maximum absolute atomic E-state index is 12.8. The highest BCUT2D eigenvalue weighted by Gasteiger charge is 2.06. The maximum Gasteiger partial charge on any atom is 0.221 e. The second-order valence-electron chi connectivity index (χ2n) is 3.06. The quantitative estimate of drug-likeness (QED) is 0.776. The Balaban J connectivity index is 2.16. The van der Waals surface area contributed by atoms with E-state index in [1.807, 2.05) is 0 Å². The molecule has 1 aromatic carbocycles. The van der Waals surface area contributed by atoms with E-state index in [9.17, 15) is 4.39 Å². The van der Waals surface area contributed by atoms with E-state index in [2.05, 4.69) is 4.98 Å². The molecule has 0 aliphatic carbocycles. The van der Waals surface area contributed by atoms with Crippen LogP contribution in [-0.2, 0) is 11.3 Å². The molecule has 2 aromatic rings. The van der Waals surface area contributed by atoms with Crippen LogP contribution in [0.4, 0.5) is 4.39 Å². The van der Waals surface area contributed by atoms with Crippen LogP contribution in [0.3, 0.4) is 0 Å². The maximum atomic E-state index is 12.8. The molecule has 80 valence electrons. The smallest absolute Gasteiger partial charge is 0.221 e. The topological polar surface area (TPSA) is 61.3 Å². The molecule has 4 nitrogen and oxygen atoms in total. The first-order valence-corrected chi connectivity index (χ1v) is 4.62. The van der Waals surface area contributed by atoms with Crippen molar-refractivity contribution in [2.75, 3.05) is 13.2 Å². The van der Waals surface area contributed by atoms with Gasteiger partial charge in [0, 0.05) is 12.6 Å². The first-order valence-electron chi connectivity index (χ1n) is 4.62. The molecule has 1 heterocycles. The Bertz CT molecular complexity index is 456. The fourth-order valence-corrected chi connectivity index (χ4v) is 1.25. The Hall–Kier alpha value is -1.46. The average Bonchev–Trinajstić information content (AvgIpc) is 2.60. The minimum absolute atomic E-state index is 0.257. The lowest BCUT2D eigenvalue weighted by Crippen LogP contribution is -2.08. The molecule has 0 aliphatic heterocycles. The SMILES string of the molecule is NCCOCc1nc2cc(F)ccc2o1. The molecule has 0 fully saturated rings. The summed E-state index contributed by atoms with van der Waals surface area (Å²) >= 11 is 0. The Morgan fingerprint density at radius 1 is 1.47 bits per heavy atom. The molecular weight excluding hydrogens is 199 g/mol. The Morgan fingerprint density at radius 3 is 3.13 bits per heavy atom. The summed E-state index contributed by atoms with van der Waals surface area (Å²) in [7, 11) is 0. The molecule has 0 saturated heterocycles. The molecule has 0 bridgehead atoms. The molecule has 0 unspecified atom stereocenters. The van der Waals surface area contributed by atoms with Crippen LogP contribution in [0.25, 0.3) is 11.1 Å². The molecule has 0 saturated carbocycles. The molecule has 0 atom stereocenters. The number of halogens is 1. The van der Waals surface area contributed by atoms with Crippen molar-refractivity contribution in [1.82, 2.24) is 4.98 Å². The molecular formula is C10H11FN2O2. The van der Waals surface area contributed by atoms with Crippen molar-refractivity contribution in [3.8, 4) is 0 Å². The van der Waals surface area contributed by atoms with Crippen LogP contribution in [0.15, 0.2) is 22.6 Å². The van der Waals surface area contributed by atoms with Gasteiger partial charge in [0.25, 0.3) is 0 Å². The second-order valence-corrected chi connectivity index (χ2v) is 3.06. The number of benzene rings is 1. The zero-order valence-corrected chi connectivity index (χ0v) is 8.07. The number of aromatic nitrogens is 1. The van der Waals surface area contributed by atoms with E-state index in [4.69, 9.17) is 14.9 Å². The Kier molecular flexibility index (Phi) is 2.94. The minimum atomic E-state index is -0.328. The zero-order valence-electron chi connectivity index (χ0n) is 8.07. The van der Waals surface area contributed by atoms with Crippen LogP contribution in [0.5, 0.6) is 0 Å². The van der Waals surface area contributed by atoms with Gasteiger partial charge in [-0.2, -0.15) is 0 Å². The number of ether oxygens (including phenoxy) is 1. The summed E-state index contributed by atoms with van der Waals surface area (Å²) in [5, 5.41) is 0. The molecule has 15 heavy (non-hydrogen) atoms. The van der Waals surface area contributed by atoms with Crippen molar-refractivity contribution < 1.29 is 13.5 Å². The van der Waals surface area contributed by atoms with Crippen molar-refractivity contribution in [3.05, 3.63) is 29.9 Å². The van der Waals surface area contributed by atoms with Crippen molar-refractivity contribution >= 4 is 11.1 Å². The lowest BCUT2D eigenvalue weighted by atomic mass is 10.3. The number of rotatable bonds is 4. The summed E-state index contributed by atoms with van der Waals surface area (Å²) < 4.78 is 23.3. The van der Waals surface area contributed by atoms with E-state index in [-0.39, 0.29) is 12.4 Å². The third-order valence-electron chi connectivity index (χ3n) is 1.88. The lowest BCUT2D eigenvalue weighted by Gasteiger charge is -1.96. The van der Waals surface area contributed by atoms with Crippen molar-refractivity contribution in [2.45, 2.75) is 6.61 Å². The average molecular weight is 210 g/mol. The standard InChI is InChI=1S/C10H11FN2O2/c11-7-1-2-9-8(5-7)13-10(15-9)6-14-4-3-12/h1-2,5H,3-4,6,12H2. The second kappa shape index (κ2) is 4.37. The molecule has 2 rings (SSSR count). The highest BCUT2D eigenvalue weighted by atomic mass is 19.1. The van der Waals surface area contributed by atoms with Gasteiger partial charge >= 0.3 is 0 Å². The monoisotopic (exact) mass is 210 g/mol. The van der Waals surface area contributed by atoms with E-state index in [0.717, 1.165) is 0 Å². The lowest BCUT2D eigenvalue weighted by molar-refractivity contribution is 0.110. The molecule has 1 aromatic heterocycles. The zero-order chi connectivity index (χ0) is 10.7. The van der Waals surface area contributed by atoms with E-state index in [1.54, 1.807) is 6.07 Å².